The van der Waals surface area contributed by atoms with Gasteiger partial charge in [0.15, 0.2) is 5.69 Å². The molecule has 0 radical (unpaired) electrons. The summed E-state index contributed by atoms with van der Waals surface area (Å²) in [6.45, 7) is 0.523. The number of hydrogen-bond acceptors (Lipinski definition) is 4. The predicted octanol–water partition coefficient (Wildman–Crippen LogP) is 2.44. The van der Waals surface area contributed by atoms with Crippen molar-refractivity contribution in [1.29, 1.82) is 0 Å². The highest BCUT2D eigenvalue weighted by molar-refractivity contribution is 5.91. The summed E-state index contributed by atoms with van der Waals surface area (Å²) in [7, 11) is 1.27. The summed E-state index contributed by atoms with van der Waals surface area (Å²) in [6.07, 6.45) is 1.19. The molecule has 0 fully saturated rings. The summed E-state index contributed by atoms with van der Waals surface area (Å²) in [4.78, 5) is 27.7. The molecule has 1 aliphatic rings. The van der Waals surface area contributed by atoms with Gasteiger partial charge in [0, 0.05) is 12.1 Å². The molecule has 0 saturated heterocycles. The molecule has 7 heteroatoms. The van der Waals surface area contributed by atoms with Gasteiger partial charge < -0.3 is 14.4 Å². The molecule has 1 aliphatic heterocycles. The summed E-state index contributed by atoms with van der Waals surface area (Å²) in [5, 5.41) is 9.43. The van der Waals surface area contributed by atoms with Crippen molar-refractivity contribution in [3.8, 4) is 11.4 Å². The summed E-state index contributed by atoms with van der Waals surface area (Å²) >= 11 is 0. The van der Waals surface area contributed by atoms with E-state index in [1.54, 1.807) is 10.6 Å². The van der Waals surface area contributed by atoms with Gasteiger partial charge in [-0.3, -0.25) is 4.79 Å². The van der Waals surface area contributed by atoms with Gasteiger partial charge in [0.25, 0.3) is 0 Å². The number of methoxy groups -OCH3 is 1. The smallest absolute Gasteiger partial charge is 0.356 e. The van der Waals surface area contributed by atoms with E-state index in [9.17, 15) is 19.1 Å². The molecule has 1 aromatic carbocycles. The van der Waals surface area contributed by atoms with Gasteiger partial charge in [-0.1, -0.05) is 12.1 Å². The van der Waals surface area contributed by atoms with E-state index in [-0.39, 0.29) is 5.69 Å². The fourth-order valence-electron chi connectivity index (χ4n) is 3.01. The van der Waals surface area contributed by atoms with Crippen molar-refractivity contribution < 1.29 is 23.8 Å². The Morgan fingerprint density at radius 2 is 2.22 bits per heavy atom. The Labute approximate surface area is 131 Å². The zero-order valence-corrected chi connectivity index (χ0v) is 12.5. The first kappa shape index (κ1) is 15.2. The van der Waals surface area contributed by atoms with Crippen LogP contribution in [0.5, 0.6) is 0 Å². The molecule has 120 valence electrons. The number of rotatable bonds is 3. The number of halogens is 1. The lowest BCUT2D eigenvalue weighted by Crippen LogP contribution is -2.25. The van der Waals surface area contributed by atoms with Crippen LogP contribution in [0.15, 0.2) is 24.3 Å². The number of carboxylic acid groups (broad SMARTS) is 1. The van der Waals surface area contributed by atoms with E-state index in [1.807, 2.05) is 0 Å². The summed E-state index contributed by atoms with van der Waals surface area (Å²) in [5.41, 5.74) is 0.624. The maximum atomic E-state index is 13.5. The highest BCUT2D eigenvalue weighted by atomic mass is 19.1. The molecule has 1 unspecified atom stereocenters. The second kappa shape index (κ2) is 5.83. The molecule has 1 aromatic heterocycles. The first-order valence-corrected chi connectivity index (χ1v) is 7.20. The Morgan fingerprint density at radius 1 is 1.43 bits per heavy atom. The fourth-order valence-corrected chi connectivity index (χ4v) is 3.01. The monoisotopic (exact) mass is 318 g/mol. The number of hydrogen-bond donors (Lipinski definition) is 1. The van der Waals surface area contributed by atoms with E-state index in [2.05, 4.69) is 4.98 Å². The van der Waals surface area contributed by atoms with Crippen molar-refractivity contribution in [1.82, 2.24) is 9.55 Å². The summed E-state index contributed by atoms with van der Waals surface area (Å²) in [6, 6.07) is 5.79. The Balaban J connectivity index is 2.21. The Morgan fingerprint density at radius 3 is 2.87 bits per heavy atom. The first-order valence-electron chi connectivity index (χ1n) is 7.20. The van der Waals surface area contributed by atoms with Crippen LogP contribution >= 0.6 is 0 Å². The standard InChI is InChI=1S/C16H15FN2O4/c1-23-16(22)11-6-3-7-19-13(11)12(15(20)21)18-14(19)9-4-2-5-10(17)8-9/h2,4-5,8,11H,3,6-7H2,1H3,(H,20,21). The predicted molar refractivity (Wildman–Crippen MR) is 78.6 cm³/mol. The Bertz CT molecular complexity index is 784. The first-order chi connectivity index (χ1) is 11.0. The second-order valence-electron chi connectivity index (χ2n) is 5.35. The molecule has 1 atom stereocenters. The highest BCUT2D eigenvalue weighted by Crippen LogP contribution is 2.35. The maximum Gasteiger partial charge on any atom is 0.356 e. The average molecular weight is 318 g/mol. The molecular formula is C16H15FN2O4. The van der Waals surface area contributed by atoms with Gasteiger partial charge in [0.2, 0.25) is 0 Å². The van der Waals surface area contributed by atoms with Crippen LogP contribution in [-0.4, -0.2) is 33.7 Å². The summed E-state index contributed by atoms with van der Waals surface area (Å²) in [5.74, 6) is -2.46. The van der Waals surface area contributed by atoms with Crippen LogP contribution in [0.2, 0.25) is 0 Å². The van der Waals surface area contributed by atoms with Gasteiger partial charge in [0.1, 0.15) is 11.6 Å². The lowest BCUT2D eigenvalue weighted by Gasteiger charge is -2.24. The van der Waals surface area contributed by atoms with Gasteiger partial charge in [-0.2, -0.15) is 0 Å². The molecule has 1 N–H and O–H groups in total. The minimum atomic E-state index is -1.22. The zero-order valence-electron chi connectivity index (χ0n) is 12.5. The molecule has 23 heavy (non-hydrogen) atoms. The molecule has 0 saturated carbocycles. The van der Waals surface area contributed by atoms with Gasteiger partial charge in [-0.05, 0) is 25.0 Å². The van der Waals surface area contributed by atoms with Gasteiger partial charge in [-0.15, -0.1) is 0 Å². The molecule has 3 rings (SSSR count). The number of esters is 1. The van der Waals surface area contributed by atoms with Crippen molar-refractivity contribution in [3.63, 3.8) is 0 Å². The van der Waals surface area contributed by atoms with E-state index < -0.39 is 23.7 Å². The molecule has 0 amide bonds. The lowest BCUT2D eigenvalue weighted by atomic mass is 9.94. The van der Waals surface area contributed by atoms with Crippen LogP contribution in [0.3, 0.4) is 0 Å². The quantitative estimate of drug-likeness (QED) is 0.879. The summed E-state index contributed by atoms with van der Waals surface area (Å²) < 4.78 is 19.9. The molecule has 0 bridgehead atoms. The number of fused-ring (bicyclic) bond motifs is 1. The van der Waals surface area contributed by atoms with E-state index >= 15 is 0 Å². The molecule has 0 aliphatic carbocycles. The van der Waals surface area contributed by atoms with E-state index in [0.29, 0.717) is 36.5 Å². The van der Waals surface area contributed by atoms with Crippen molar-refractivity contribution in [2.45, 2.75) is 25.3 Å². The van der Waals surface area contributed by atoms with Crippen molar-refractivity contribution in [2.24, 2.45) is 0 Å². The topological polar surface area (TPSA) is 81.4 Å². The number of imidazole rings is 1. The van der Waals surface area contributed by atoms with Crippen molar-refractivity contribution in [2.75, 3.05) is 7.11 Å². The number of carbonyl (C=O) groups excluding carboxylic acids is 1. The normalized spacial score (nSPS) is 16.7. The van der Waals surface area contributed by atoms with Crippen LogP contribution in [0, 0.1) is 5.82 Å². The number of ether oxygens (including phenoxy) is 1. The average Bonchev–Trinajstić information content (AvgIpc) is 2.94. The maximum absolute atomic E-state index is 13.5. The van der Waals surface area contributed by atoms with E-state index in [0.717, 1.165) is 0 Å². The second-order valence-corrected chi connectivity index (χ2v) is 5.35. The molecule has 6 nitrogen and oxygen atoms in total. The van der Waals surface area contributed by atoms with Gasteiger partial charge >= 0.3 is 11.9 Å². The highest BCUT2D eigenvalue weighted by Gasteiger charge is 2.35. The molecule has 2 aromatic rings. The third kappa shape index (κ3) is 2.58. The fraction of sp³-hybridized carbons (Fsp3) is 0.312. The van der Waals surface area contributed by atoms with Crippen LogP contribution in [0.1, 0.15) is 34.9 Å². The third-order valence-corrected chi connectivity index (χ3v) is 3.98. The van der Waals surface area contributed by atoms with Crippen LogP contribution in [-0.2, 0) is 16.1 Å². The number of aromatic nitrogens is 2. The number of carboxylic acids is 1. The molecule has 0 spiro atoms. The number of aromatic carboxylic acids is 1. The number of benzene rings is 1. The van der Waals surface area contributed by atoms with Gasteiger partial charge in [-0.25, -0.2) is 14.2 Å². The number of nitrogens with zero attached hydrogens (tertiary/aromatic N) is 2. The Hall–Kier alpha value is -2.70. The van der Waals surface area contributed by atoms with Crippen LogP contribution < -0.4 is 0 Å². The van der Waals surface area contributed by atoms with Gasteiger partial charge in [0.05, 0.1) is 18.7 Å². The molecule has 2 heterocycles. The largest absolute Gasteiger partial charge is 0.476 e. The van der Waals surface area contributed by atoms with E-state index in [4.69, 9.17) is 4.74 Å². The third-order valence-electron chi connectivity index (χ3n) is 3.98. The minimum absolute atomic E-state index is 0.181. The Kier molecular flexibility index (Phi) is 3.85. The minimum Gasteiger partial charge on any atom is -0.476 e. The number of carbonyl (C=O) groups is 2. The van der Waals surface area contributed by atoms with E-state index in [1.165, 1.54) is 25.3 Å². The lowest BCUT2D eigenvalue weighted by molar-refractivity contribution is -0.143. The van der Waals surface area contributed by atoms with Crippen molar-refractivity contribution >= 4 is 11.9 Å². The SMILES string of the molecule is COC(=O)C1CCCn2c(-c3cccc(F)c3)nc(C(=O)O)c21. The van der Waals surface area contributed by atoms with Crippen molar-refractivity contribution in [3.05, 3.63) is 41.5 Å². The van der Waals surface area contributed by atoms with Crippen LogP contribution in [0.4, 0.5) is 4.39 Å². The zero-order chi connectivity index (χ0) is 16.6. The van der Waals surface area contributed by atoms with Crippen LogP contribution in [0.25, 0.3) is 11.4 Å². The molecular weight excluding hydrogens is 303 g/mol.